The molecule has 144 valence electrons. The van der Waals surface area contributed by atoms with E-state index >= 15 is 0 Å². The van der Waals surface area contributed by atoms with Gasteiger partial charge in [-0.25, -0.2) is 0 Å². The standard InChI is InChI=1S/C21H23F3N2O/c1-15-4-2-5-16(12-15)13-26-11-3-6-17(14-26)20(27)25-19-9-7-18(8-10-19)21(22,23)24/h2,4-5,7-10,12,17H,3,6,11,13-14H2,1H3,(H,25,27). The largest absolute Gasteiger partial charge is 0.416 e. The first-order valence-corrected chi connectivity index (χ1v) is 9.07. The number of benzene rings is 2. The third-order valence-corrected chi connectivity index (χ3v) is 4.84. The minimum atomic E-state index is -4.37. The number of amides is 1. The molecule has 3 rings (SSSR count). The van der Waals surface area contributed by atoms with E-state index in [4.69, 9.17) is 0 Å². The molecule has 1 fully saturated rings. The number of carbonyl (C=O) groups is 1. The fourth-order valence-corrected chi connectivity index (χ4v) is 3.47. The topological polar surface area (TPSA) is 32.3 Å². The van der Waals surface area contributed by atoms with E-state index in [9.17, 15) is 18.0 Å². The van der Waals surface area contributed by atoms with Gasteiger partial charge in [-0.05, 0) is 56.1 Å². The van der Waals surface area contributed by atoms with E-state index < -0.39 is 11.7 Å². The van der Waals surface area contributed by atoms with Crippen LogP contribution in [0.1, 0.15) is 29.5 Å². The maximum absolute atomic E-state index is 12.6. The quantitative estimate of drug-likeness (QED) is 0.826. The summed E-state index contributed by atoms with van der Waals surface area (Å²) in [4.78, 5) is 14.8. The fourth-order valence-electron chi connectivity index (χ4n) is 3.47. The van der Waals surface area contributed by atoms with Crippen molar-refractivity contribution in [3.63, 3.8) is 0 Å². The number of hydrogen-bond donors (Lipinski definition) is 1. The number of carbonyl (C=O) groups excluding carboxylic acids is 1. The van der Waals surface area contributed by atoms with Crippen molar-refractivity contribution in [2.24, 2.45) is 5.92 Å². The molecule has 0 radical (unpaired) electrons. The Kier molecular flexibility index (Phi) is 5.85. The molecule has 0 aromatic heterocycles. The molecular formula is C21H23F3N2O. The van der Waals surface area contributed by atoms with Crippen molar-refractivity contribution in [2.45, 2.75) is 32.5 Å². The lowest BCUT2D eigenvalue weighted by molar-refractivity contribution is -0.137. The van der Waals surface area contributed by atoms with Crippen LogP contribution in [0.2, 0.25) is 0 Å². The second-order valence-corrected chi connectivity index (χ2v) is 7.13. The molecule has 1 heterocycles. The molecule has 1 saturated heterocycles. The summed E-state index contributed by atoms with van der Waals surface area (Å²) in [7, 11) is 0. The van der Waals surface area contributed by atoms with Gasteiger partial charge in [0.15, 0.2) is 0 Å². The van der Waals surface area contributed by atoms with Gasteiger partial charge in [-0.3, -0.25) is 9.69 Å². The van der Waals surface area contributed by atoms with E-state index in [0.29, 0.717) is 12.2 Å². The maximum Gasteiger partial charge on any atom is 0.416 e. The Labute approximate surface area is 157 Å². The highest BCUT2D eigenvalue weighted by Gasteiger charge is 2.30. The molecule has 2 aromatic carbocycles. The fraction of sp³-hybridized carbons (Fsp3) is 0.381. The molecule has 2 aromatic rings. The molecule has 1 aliphatic rings. The minimum absolute atomic E-state index is 0.135. The van der Waals surface area contributed by atoms with Crippen LogP contribution in [0.5, 0.6) is 0 Å². The smallest absolute Gasteiger partial charge is 0.326 e. The summed E-state index contributed by atoms with van der Waals surface area (Å²) in [5.74, 6) is -0.297. The molecule has 0 aliphatic carbocycles. The molecule has 0 saturated carbocycles. The molecule has 6 heteroatoms. The van der Waals surface area contributed by atoms with Gasteiger partial charge in [0.1, 0.15) is 0 Å². The maximum atomic E-state index is 12.6. The molecular weight excluding hydrogens is 353 g/mol. The SMILES string of the molecule is Cc1cccc(CN2CCCC(C(=O)Nc3ccc(C(F)(F)F)cc3)C2)c1. The number of alkyl halides is 3. The summed E-state index contributed by atoms with van der Waals surface area (Å²) in [6.45, 7) is 4.45. The van der Waals surface area contributed by atoms with Crippen molar-refractivity contribution < 1.29 is 18.0 Å². The number of nitrogens with zero attached hydrogens (tertiary/aromatic N) is 1. The second kappa shape index (κ2) is 8.13. The van der Waals surface area contributed by atoms with Gasteiger partial charge in [-0.15, -0.1) is 0 Å². The van der Waals surface area contributed by atoms with Crippen molar-refractivity contribution in [1.29, 1.82) is 0 Å². The van der Waals surface area contributed by atoms with Crippen LogP contribution in [-0.4, -0.2) is 23.9 Å². The Hall–Kier alpha value is -2.34. The van der Waals surface area contributed by atoms with Crippen LogP contribution in [0.15, 0.2) is 48.5 Å². The zero-order valence-corrected chi connectivity index (χ0v) is 15.2. The first kappa shape index (κ1) is 19.4. The van der Waals surface area contributed by atoms with E-state index in [1.165, 1.54) is 23.3 Å². The van der Waals surface area contributed by atoms with E-state index in [1.54, 1.807) is 0 Å². The number of anilines is 1. The lowest BCUT2D eigenvalue weighted by Gasteiger charge is -2.32. The van der Waals surface area contributed by atoms with Crippen molar-refractivity contribution in [1.82, 2.24) is 4.90 Å². The van der Waals surface area contributed by atoms with Crippen molar-refractivity contribution in [3.05, 3.63) is 65.2 Å². The number of nitrogens with one attached hydrogen (secondary N) is 1. The van der Waals surface area contributed by atoms with E-state index in [-0.39, 0.29) is 11.8 Å². The third-order valence-electron chi connectivity index (χ3n) is 4.84. The average molecular weight is 376 g/mol. The predicted octanol–water partition coefficient (Wildman–Crippen LogP) is 4.86. The Morgan fingerprint density at radius 2 is 1.93 bits per heavy atom. The summed E-state index contributed by atoms with van der Waals surface area (Å²) in [6, 6.07) is 12.9. The first-order valence-electron chi connectivity index (χ1n) is 9.07. The van der Waals surface area contributed by atoms with Crippen molar-refractivity contribution in [3.8, 4) is 0 Å². The Morgan fingerprint density at radius 1 is 1.19 bits per heavy atom. The molecule has 1 aliphatic heterocycles. The molecule has 1 atom stereocenters. The molecule has 1 unspecified atom stereocenters. The van der Waals surface area contributed by atoms with E-state index in [2.05, 4.69) is 35.3 Å². The Morgan fingerprint density at radius 3 is 2.59 bits per heavy atom. The van der Waals surface area contributed by atoms with Crippen LogP contribution in [0.3, 0.4) is 0 Å². The number of likely N-dealkylation sites (tertiary alicyclic amines) is 1. The van der Waals surface area contributed by atoms with Gasteiger partial charge >= 0.3 is 6.18 Å². The highest BCUT2D eigenvalue weighted by atomic mass is 19.4. The van der Waals surface area contributed by atoms with Gasteiger partial charge in [-0.1, -0.05) is 29.8 Å². The highest BCUT2D eigenvalue weighted by molar-refractivity contribution is 5.92. The summed E-state index contributed by atoms with van der Waals surface area (Å²) in [5, 5.41) is 2.75. The predicted molar refractivity (Wildman–Crippen MR) is 99.3 cm³/mol. The molecule has 3 nitrogen and oxygen atoms in total. The molecule has 1 amide bonds. The van der Waals surface area contributed by atoms with Crippen LogP contribution in [0, 0.1) is 12.8 Å². The van der Waals surface area contributed by atoms with Gasteiger partial charge in [0.25, 0.3) is 0 Å². The number of hydrogen-bond acceptors (Lipinski definition) is 2. The Balaban J connectivity index is 1.58. The van der Waals surface area contributed by atoms with E-state index in [0.717, 1.165) is 38.1 Å². The molecule has 0 spiro atoms. The van der Waals surface area contributed by atoms with Crippen LogP contribution in [0.25, 0.3) is 0 Å². The lowest BCUT2D eigenvalue weighted by Crippen LogP contribution is -2.40. The number of rotatable bonds is 4. The van der Waals surface area contributed by atoms with Crippen LogP contribution < -0.4 is 5.32 Å². The minimum Gasteiger partial charge on any atom is -0.326 e. The lowest BCUT2D eigenvalue weighted by atomic mass is 9.96. The van der Waals surface area contributed by atoms with Gasteiger partial charge in [0, 0.05) is 18.8 Å². The van der Waals surface area contributed by atoms with Crippen LogP contribution >= 0.6 is 0 Å². The van der Waals surface area contributed by atoms with Gasteiger partial charge in [0.05, 0.1) is 11.5 Å². The zero-order chi connectivity index (χ0) is 19.4. The van der Waals surface area contributed by atoms with E-state index in [1.807, 2.05) is 6.07 Å². The number of halogens is 3. The summed E-state index contributed by atoms with van der Waals surface area (Å²) < 4.78 is 37.9. The highest BCUT2D eigenvalue weighted by Crippen LogP contribution is 2.30. The van der Waals surface area contributed by atoms with Crippen molar-refractivity contribution >= 4 is 11.6 Å². The second-order valence-electron chi connectivity index (χ2n) is 7.13. The normalized spacial score (nSPS) is 18.3. The Bertz CT molecular complexity index is 787. The van der Waals surface area contributed by atoms with Crippen LogP contribution in [0.4, 0.5) is 18.9 Å². The number of aryl methyl sites for hydroxylation is 1. The van der Waals surface area contributed by atoms with Gasteiger partial charge < -0.3 is 5.32 Å². The van der Waals surface area contributed by atoms with Gasteiger partial charge in [-0.2, -0.15) is 13.2 Å². The molecule has 27 heavy (non-hydrogen) atoms. The average Bonchev–Trinajstić information content (AvgIpc) is 2.62. The van der Waals surface area contributed by atoms with Crippen LogP contribution in [-0.2, 0) is 17.5 Å². The molecule has 1 N–H and O–H groups in total. The van der Waals surface area contributed by atoms with Gasteiger partial charge in [0.2, 0.25) is 5.91 Å². The third kappa shape index (κ3) is 5.32. The molecule has 0 bridgehead atoms. The zero-order valence-electron chi connectivity index (χ0n) is 15.2. The van der Waals surface area contributed by atoms with Crippen molar-refractivity contribution in [2.75, 3.05) is 18.4 Å². The summed E-state index contributed by atoms with van der Waals surface area (Å²) in [6.07, 6.45) is -2.66. The monoisotopic (exact) mass is 376 g/mol. The first-order chi connectivity index (χ1) is 12.8. The summed E-state index contributed by atoms with van der Waals surface area (Å²) in [5.41, 5.74) is 2.10. The number of piperidine rings is 1. The summed E-state index contributed by atoms with van der Waals surface area (Å²) >= 11 is 0.